The second-order valence-electron chi connectivity index (χ2n) is 3.02. The highest BCUT2D eigenvalue weighted by molar-refractivity contribution is 9.10. The smallest absolute Gasteiger partial charge is 0.217 e. The van der Waals surface area contributed by atoms with Crippen molar-refractivity contribution in [2.24, 2.45) is 0 Å². The second-order valence-corrected chi connectivity index (χ2v) is 3.94. The summed E-state index contributed by atoms with van der Waals surface area (Å²) in [6.45, 7) is 1.75. The zero-order valence-corrected chi connectivity index (χ0v) is 8.67. The maximum atomic E-state index is 11.3. The monoisotopic (exact) mass is 241 g/mol. The molecule has 0 aliphatic carbocycles. The predicted molar refractivity (Wildman–Crippen MR) is 50.7 cm³/mol. The maximum Gasteiger partial charge on any atom is 0.217 e. The van der Waals surface area contributed by atoms with Crippen LogP contribution in [0.1, 0.15) is 12.5 Å². The van der Waals surface area contributed by atoms with E-state index in [1.54, 1.807) is 13.1 Å². The minimum Gasteiger partial charge on any atom is -0.466 e. The minimum atomic E-state index is -0.360. The van der Waals surface area contributed by atoms with E-state index in [4.69, 9.17) is 4.74 Å². The molecule has 0 saturated carbocycles. The summed E-state index contributed by atoms with van der Waals surface area (Å²) < 4.78 is 6.19. The molecule has 1 unspecified atom stereocenters. The fourth-order valence-corrected chi connectivity index (χ4v) is 1.64. The van der Waals surface area contributed by atoms with E-state index >= 15 is 0 Å². The van der Waals surface area contributed by atoms with Crippen LogP contribution >= 0.6 is 15.9 Å². The number of carbonyl (C=O) groups is 1. The van der Waals surface area contributed by atoms with Gasteiger partial charge in [0.2, 0.25) is 5.88 Å². The molecule has 68 valence electrons. The molecule has 1 aliphatic heterocycles. The van der Waals surface area contributed by atoms with Crippen LogP contribution in [-0.4, -0.2) is 16.9 Å². The molecule has 0 fully saturated rings. The Morgan fingerprint density at radius 1 is 1.69 bits per heavy atom. The summed E-state index contributed by atoms with van der Waals surface area (Å²) in [4.78, 5) is 15.4. The number of aromatic nitrogens is 1. The van der Waals surface area contributed by atoms with E-state index in [2.05, 4.69) is 20.9 Å². The molecule has 1 aromatic heterocycles. The number of carbonyl (C=O) groups excluding carboxylic acids is 1. The molecule has 1 aromatic rings. The van der Waals surface area contributed by atoms with Crippen LogP contribution in [0.25, 0.3) is 0 Å². The summed E-state index contributed by atoms with van der Waals surface area (Å²) >= 11 is 3.30. The predicted octanol–water partition coefficient (Wildman–Crippen LogP) is 1.74. The molecule has 0 saturated heterocycles. The van der Waals surface area contributed by atoms with Crippen molar-refractivity contribution in [2.75, 3.05) is 0 Å². The number of nitrogens with zero attached hydrogens (tertiary/aromatic N) is 1. The summed E-state index contributed by atoms with van der Waals surface area (Å²) in [5.41, 5.74) is 0.859. The van der Waals surface area contributed by atoms with E-state index < -0.39 is 0 Å². The van der Waals surface area contributed by atoms with Crippen molar-refractivity contribution < 1.29 is 9.53 Å². The molecule has 0 aromatic carbocycles. The van der Waals surface area contributed by atoms with Crippen LogP contribution in [0.3, 0.4) is 0 Å². The van der Waals surface area contributed by atoms with E-state index in [9.17, 15) is 4.79 Å². The lowest BCUT2D eigenvalue weighted by Gasteiger charge is -2.20. The van der Waals surface area contributed by atoms with Gasteiger partial charge in [0.1, 0.15) is 0 Å². The van der Waals surface area contributed by atoms with Crippen molar-refractivity contribution in [1.82, 2.24) is 4.98 Å². The minimum absolute atomic E-state index is 0.104. The number of halogens is 1. The first-order valence-corrected chi connectivity index (χ1v) is 4.80. The van der Waals surface area contributed by atoms with Crippen molar-refractivity contribution in [3.05, 3.63) is 22.3 Å². The van der Waals surface area contributed by atoms with E-state index in [0.29, 0.717) is 12.3 Å². The lowest BCUT2D eigenvalue weighted by atomic mass is 10.0. The van der Waals surface area contributed by atoms with Gasteiger partial charge >= 0.3 is 0 Å². The molecule has 13 heavy (non-hydrogen) atoms. The van der Waals surface area contributed by atoms with Crippen LogP contribution in [-0.2, 0) is 11.2 Å². The molecule has 0 radical (unpaired) electrons. The van der Waals surface area contributed by atoms with Gasteiger partial charge in [-0.15, -0.1) is 0 Å². The molecule has 0 amide bonds. The number of hydrogen-bond donors (Lipinski definition) is 0. The SMILES string of the molecule is CC1Oc2ncc(Br)cc2CC1=O. The van der Waals surface area contributed by atoms with Gasteiger partial charge in [-0.1, -0.05) is 0 Å². The number of Topliss-reactive ketones (excluding diaryl/α,β-unsaturated/α-hetero) is 1. The Balaban J connectivity index is 2.42. The molecule has 0 N–H and O–H groups in total. The normalized spacial score (nSPS) is 20.8. The third kappa shape index (κ3) is 1.58. The summed E-state index contributed by atoms with van der Waals surface area (Å²) in [7, 11) is 0. The van der Waals surface area contributed by atoms with Gasteiger partial charge in [0.15, 0.2) is 11.9 Å². The third-order valence-corrected chi connectivity index (χ3v) is 2.43. The lowest BCUT2D eigenvalue weighted by molar-refractivity contribution is -0.125. The highest BCUT2D eigenvalue weighted by atomic mass is 79.9. The number of rotatable bonds is 0. The summed E-state index contributed by atoms with van der Waals surface area (Å²) in [6.07, 6.45) is 1.73. The van der Waals surface area contributed by atoms with Gasteiger partial charge in [0.05, 0.1) is 0 Å². The van der Waals surface area contributed by atoms with E-state index in [1.165, 1.54) is 0 Å². The van der Waals surface area contributed by atoms with Crippen LogP contribution in [0.2, 0.25) is 0 Å². The van der Waals surface area contributed by atoms with Crippen LogP contribution in [0.15, 0.2) is 16.7 Å². The topological polar surface area (TPSA) is 39.2 Å². The number of hydrogen-bond acceptors (Lipinski definition) is 3. The Bertz CT molecular complexity index is 365. The third-order valence-electron chi connectivity index (χ3n) is 2.00. The Labute approximate surface area is 84.2 Å². The zero-order valence-electron chi connectivity index (χ0n) is 7.08. The molecule has 2 heterocycles. The fraction of sp³-hybridized carbons (Fsp3) is 0.333. The van der Waals surface area contributed by atoms with Gasteiger partial charge in [-0.3, -0.25) is 4.79 Å². The highest BCUT2D eigenvalue weighted by Crippen LogP contribution is 2.25. The summed E-state index contributed by atoms with van der Waals surface area (Å²) in [5.74, 6) is 0.683. The summed E-state index contributed by atoms with van der Waals surface area (Å²) in [6, 6.07) is 1.87. The average molecular weight is 242 g/mol. The van der Waals surface area contributed by atoms with Crippen molar-refractivity contribution in [1.29, 1.82) is 0 Å². The summed E-state index contributed by atoms with van der Waals surface area (Å²) in [5, 5.41) is 0. The van der Waals surface area contributed by atoms with Crippen molar-refractivity contribution >= 4 is 21.7 Å². The first-order chi connectivity index (χ1) is 6.16. The molecular formula is C9H8BrNO2. The van der Waals surface area contributed by atoms with Crippen molar-refractivity contribution in [3.63, 3.8) is 0 Å². The Morgan fingerprint density at radius 2 is 2.46 bits per heavy atom. The Morgan fingerprint density at radius 3 is 3.23 bits per heavy atom. The van der Waals surface area contributed by atoms with Gasteiger partial charge < -0.3 is 4.74 Å². The second kappa shape index (κ2) is 3.10. The van der Waals surface area contributed by atoms with Crippen LogP contribution in [0.4, 0.5) is 0 Å². The van der Waals surface area contributed by atoms with Gasteiger partial charge in [-0.05, 0) is 28.9 Å². The van der Waals surface area contributed by atoms with Gasteiger partial charge in [-0.2, -0.15) is 0 Å². The maximum absolute atomic E-state index is 11.3. The van der Waals surface area contributed by atoms with Crippen LogP contribution < -0.4 is 4.74 Å². The number of ether oxygens (including phenoxy) is 1. The zero-order chi connectivity index (χ0) is 9.42. The molecule has 1 aliphatic rings. The Kier molecular flexibility index (Phi) is 2.07. The number of fused-ring (bicyclic) bond motifs is 1. The largest absolute Gasteiger partial charge is 0.466 e. The first kappa shape index (κ1) is 8.69. The highest BCUT2D eigenvalue weighted by Gasteiger charge is 2.24. The number of ketones is 1. The van der Waals surface area contributed by atoms with E-state index in [0.717, 1.165) is 10.0 Å². The molecule has 2 rings (SSSR count). The molecular weight excluding hydrogens is 234 g/mol. The van der Waals surface area contributed by atoms with Gasteiger partial charge in [0, 0.05) is 22.7 Å². The van der Waals surface area contributed by atoms with E-state index in [-0.39, 0.29) is 11.9 Å². The fourth-order valence-electron chi connectivity index (χ4n) is 1.27. The van der Waals surface area contributed by atoms with Crippen LogP contribution in [0, 0.1) is 0 Å². The molecule has 0 spiro atoms. The van der Waals surface area contributed by atoms with Gasteiger partial charge in [0.25, 0.3) is 0 Å². The molecule has 1 atom stereocenters. The van der Waals surface area contributed by atoms with Crippen molar-refractivity contribution in [3.8, 4) is 5.88 Å². The molecule has 0 bridgehead atoms. The first-order valence-electron chi connectivity index (χ1n) is 4.00. The quantitative estimate of drug-likeness (QED) is 0.695. The van der Waals surface area contributed by atoms with Crippen LogP contribution in [0.5, 0.6) is 5.88 Å². The molecule has 4 heteroatoms. The Hall–Kier alpha value is -0.900. The number of pyridine rings is 1. The van der Waals surface area contributed by atoms with Gasteiger partial charge in [-0.25, -0.2) is 4.98 Å². The average Bonchev–Trinajstić information content (AvgIpc) is 2.08. The van der Waals surface area contributed by atoms with E-state index in [1.807, 2.05) is 6.07 Å². The van der Waals surface area contributed by atoms with Crippen molar-refractivity contribution in [2.45, 2.75) is 19.4 Å². The lowest BCUT2D eigenvalue weighted by Crippen LogP contribution is -2.30. The standard InChI is InChI=1S/C9H8BrNO2/c1-5-8(12)3-6-2-7(10)4-11-9(6)13-5/h2,4-5H,3H2,1H3. The molecule has 3 nitrogen and oxygen atoms in total.